The maximum Gasteiger partial charge on any atom is 0.226 e. The van der Waals surface area contributed by atoms with Gasteiger partial charge in [-0.1, -0.05) is 31.2 Å². The summed E-state index contributed by atoms with van der Waals surface area (Å²) in [5, 5.41) is 1.04. The number of likely N-dealkylation sites (tertiary alicyclic amines) is 1. The number of thiazole rings is 1. The van der Waals surface area contributed by atoms with Crippen LogP contribution in [0.2, 0.25) is 0 Å². The van der Waals surface area contributed by atoms with Crippen LogP contribution in [0.15, 0.2) is 36.4 Å². The number of hydrogen-bond donors (Lipinski definition) is 0. The van der Waals surface area contributed by atoms with E-state index in [2.05, 4.69) is 18.2 Å². The predicted octanol–water partition coefficient (Wildman–Crippen LogP) is 3.62. The number of carbonyl (C=O) groups excluding carboxylic acids is 1. The number of fused-ring (bicyclic) bond motifs is 1. The Morgan fingerprint density at radius 1 is 1.20 bits per heavy atom. The molecule has 2 atom stereocenters. The second-order valence-electron chi connectivity index (χ2n) is 8.20. The van der Waals surface area contributed by atoms with E-state index in [1.165, 1.54) is 6.26 Å². The second-order valence-corrected chi connectivity index (χ2v) is 11.2. The molecule has 4 rings (SSSR count). The van der Waals surface area contributed by atoms with Gasteiger partial charge in [0.15, 0.2) is 0 Å². The number of aromatic nitrogens is 1. The van der Waals surface area contributed by atoms with Gasteiger partial charge in [0.2, 0.25) is 15.9 Å². The summed E-state index contributed by atoms with van der Waals surface area (Å²) in [6.07, 6.45) is 8.51. The molecule has 2 aliphatic rings. The highest BCUT2D eigenvalue weighted by Gasteiger charge is 2.37. The third-order valence-corrected chi connectivity index (χ3v) is 8.87. The Morgan fingerprint density at radius 2 is 1.90 bits per heavy atom. The molecule has 1 aromatic heterocycles. The van der Waals surface area contributed by atoms with Crippen molar-refractivity contribution < 1.29 is 13.2 Å². The van der Waals surface area contributed by atoms with Gasteiger partial charge >= 0.3 is 0 Å². The first-order valence-corrected chi connectivity index (χ1v) is 13.3. The molecule has 1 fully saturated rings. The van der Waals surface area contributed by atoms with Crippen LogP contribution in [0, 0.1) is 5.92 Å². The number of piperidine rings is 1. The molecule has 2 heterocycles. The SMILES string of the molecule is CCN(C1CCN(C(=O)C2CC=CCC2c2nc3ccccc3s2)CC1)S(C)(=O)=O. The lowest BCUT2D eigenvalue weighted by Gasteiger charge is -2.39. The maximum absolute atomic E-state index is 13.4. The third kappa shape index (κ3) is 4.31. The lowest BCUT2D eigenvalue weighted by molar-refractivity contribution is -0.137. The van der Waals surface area contributed by atoms with Gasteiger partial charge in [0.25, 0.3) is 0 Å². The van der Waals surface area contributed by atoms with E-state index in [1.54, 1.807) is 15.6 Å². The fourth-order valence-corrected chi connectivity index (χ4v) is 7.15. The van der Waals surface area contributed by atoms with Crippen molar-refractivity contribution in [1.29, 1.82) is 0 Å². The molecule has 1 aliphatic carbocycles. The molecule has 1 aromatic carbocycles. The standard InChI is InChI=1S/C22H29N3O3S2/c1-3-25(30(2,27)28)16-12-14-24(15-13-16)22(26)18-9-5-4-8-17(18)21-23-19-10-6-7-11-20(19)29-21/h4-7,10-11,16-18H,3,8-9,12-15H2,1-2H3. The number of hydrogen-bond acceptors (Lipinski definition) is 5. The largest absolute Gasteiger partial charge is 0.342 e. The first kappa shape index (κ1) is 21.5. The van der Waals surface area contributed by atoms with E-state index in [1.807, 2.05) is 30.0 Å². The van der Waals surface area contributed by atoms with E-state index in [4.69, 9.17) is 4.98 Å². The number of amides is 1. The summed E-state index contributed by atoms with van der Waals surface area (Å²) < 4.78 is 26.8. The Hall–Kier alpha value is -1.77. The molecule has 0 spiro atoms. The van der Waals surface area contributed by atoms with E-state index in [-0.39, 0.29) is 23.8 Å². The lowest BCUT2D eigenvalue weighted by atomic mass is 9.82. The molecule has 0 N–H and O–H groups in total. The van der Waals surface area contributed by atoms with Crippen molar-refractivity contribution in [2.45, 2.75) is 44.6 Å². The Balaban J connectivity index is 1.47. The van der Waals surface area contributed by atoms with Gasteiger partial charge < -0.3 is 4.90 Å². The summed E-state index contributed by atoms with van der Waals surface area (Å²) in [6.45, 7) is 3.57. The molecule has 1 amide bonds. The van der Waals surface area contributed by atoms with E-state index in [9.17, 15) is 13.2 Å². The molecule has 1 aliphatic heterocycles. The molecule has 2 unspecified atom stereocenters. The van der Waals surface area contributed by atoms with Crippen LogP contribution in [0.25, 0.3) is 10.2 Å². The second kappa shape index (κ2) is 8.77. The van der Waals surface area contributed by atoms with E-state index < -0.39 is 10.0 Å². The van der Waals surface area contributed by atoms with E-state index >= 15 is 0 Å². The van der Waals surface area contributed by atoms with E-state index in [0.29, 0.717) is 32.5 Å². The molecule has 0 saturated carbocycles. The van der Waals surface area contributed by atoms with Crippen LogP contribution in [0.4, 0.5) is 0 Å². The van der Waals surface area contributed by atoms with Crippen LogP contribution in [-0.4, -0.2) is 60.4 Å². The number of carbonyl (C=O) groups is 1. The highest BCUT2D eigenvalue weighted by Crippen LogP contribution is 2.39. The summed E-state index contributed by atoms with van der Waals surface area (Å²) in [6, 6.07) is 8.11. The molecule has 0 radical (unpaired) electrons. The molecular weight excluding hydrogens is 418 g/mol. The first-order chi connectivity index (χ1) is 14.4. The van der Waals surface area contributed by atoms with Crippen LogP contribution in [0.3, 0.4) is 0 Å². The van der Waals surface area contributed by atoms with Gasteiger partial charge in [-0.2, -0.15) is 4.31 Å². The highest BCUT2D eigenvalue weighted by molar-refractivity contribution is 7.88. The average molecular weight is 448 g/mol. The van der Waals surface area contributed by atoms with Crippen LogP contribution in [0.5, 0.6) is 0 Å². The minimum atomic E-state index is -3.22. The Morgan fingerprint density at radius 3 is 2.57 bits per heavy atom. The van der Waals surface area contributed by atoms with Crippen LogP contribution in [0.1, 0.15) is 43.5 Å². The zero-order valence-electron chi connectivity index (χ0n) is 17.5. The molecular formula is C22H29N3O3S2. The topological polar surface area (TPSA) is 70.6 Å². The van der Waals surface area contributed by atoms with Gasteiger partial charge in [0, 0.05) is 31.6 Å². The molecule has 0 bridgehead atoms. The Labute approximate surface area is 182 Å². The molecule has 1 saturated heterocycles. The van der Waals surface area contributed by atoms with Gasteiger partial charge in [0.05, 0.1) is 27.4 Å². The molecule has 30 heavy (non-hydrogen) atoms. The third-order valence-electron chi connectivity index (χ3n) is 6.30. The summed E-state index contributed by atoms with van der Waals surface area (Å²) >= 11 is 1.69. The van der Waals surface area contributed by atoms with Crippen molar-refractivity contribution in [2.75, 3.05) is 25.9 Å². The van der Waals surface area contributed by atoms with Gasteiger partial charge in [-0.15, -0.1) is 11.3 Å². The zero-order valence-corrected chi connectivity index (χ0v) is 19.2. The van der Waals surface area contributed by atoms with Gasteiger partial charge in [0.1, 0.15) is 0 Å². The average Bonchev–Trinajstić information content (AvgIpc) is 3.17. The minimum absolute atomic E-state index is 0.0136. The normalized spacial score (nSPS) is 23.4. The minimum Gasteiger partial charge on any atom is -0.342 e. The number of sulfonamides is 1. The zero-order chi connectivity index (χ0) is 21.3. The fourth-order valence-electron chi connectivity index (χ4n) is 4.78. The molecule has 162 valence electrons. The van der Waals surface area contributed by atoms with Gasteiger partial charge in [-0.25, -0.2) is 13.4 Å². The highest BCUT2D eigenvalue weighted by atomic mass is 32.2. The number of benzene rings is 1. The van der Waals surface area contributed by atoms with Crippen molar-refractivity contribution >= 4 is 37.5 Å². The number of nitrogens with zero attached hydrogens (tertiary/aromatic N) is 3. The van der Waals surface area contributed by atoms with Crippen LogP contribution >= 0.6 is 11.3 Å². The molecule has 6 nitrogen and oxygen atoms in total. The predicted molar refractivity (Wildman–Crippen MR) is 121 cm³/mol. The number of para-hydroxylation sites is 1. The van der Waals surface area contributed by atoms with Crippen molar-refractivity contribution in [1.82, 2.24) is 14.2 Å². The molecule has 8 heteroatoms. The summed E-state index contributed by atoms with van der Waals surface area (Å²) in [5.74, 6) is 0.203. The summed E-state index contributed by atoms with van der Waals surface area (Å²) in [7, 11) is -3.22. The van der Waals surface area contributed by atoms with Crippen LogP contribution < -0.4 is 0 Å². The Kier molecular flexibility index (Phi) is 6.27. The fraction of sp³-hybridized carbons (Fsp3) is 0.545. The number of allylic oxidation sites excluding steroid dienone is 2. The lowest BCUT2D eigenvalue weighted by Crippen LogP contribution is -2.50. The van der Waals surface area contributed by atoms with Crippen molar-refractivity contribution in [2.24, 2.45) is 5.92 Å². The van der Waals surface area contributed by atoms with Crippen molar-refractivity contribution in [3.8, 4) is 0 Å². The summed E-state index contributed by atoms with van der Waals surface area (Å²) in [5.41, 5.74) is 1.000. The quantitative estimate of drug-likeness (QED) is 0.657. The maximum atomic E-state index is 13.4. The Bertz CT molecular complexity index is 1010. The van der Waals surface area contributed by atoms with Crippen molar-refractivity contribution in [3.05, 3.63) is 41.4 Å². The monoisotopic (exact) mass is 447 g/mol. The first-order valence-electron chi connectivity index (χ1n) is 10.6. The van der Waals surface area contributed by atoms with Gasteiger partial charge in [-0.05, 0) is 37.8 Å². The van der Waals surface area contributed by atoms with Crippen molar-refractivity contribution in [3.63, 3.8) is 0 Å². The van der Waals surface area contributed by atoms with Gasteiger partial charge in [-0.3, -0.25) is 4.79 Å². The summed E-state index contributed by atoms with van der Waals surface area (Å²) in [4.78, 5) is 20.2. The molecule has 2 aromatic rings. The smallest absolute Gasteiger partial charge is 0.226 e. The van der Waals surface area contributed by atoms with E-state index in [0.717, 1.165) is 28.1 Å². The van der Waals surface area contributed by atoms with Crippen LogP contribution in [-0.2, 0) is 14.8 Å². The number of rotatable bonds is 5.